The molecule has 0 amide bonds. The molecule has 0 fully saturated rings. The number of aliphatic hydroxyl groups is 1. The molecule has 60 valence electrons. The maximum absolute atomic E-state index is 11.9. The highest BCUT2D eigenvalue weighted by Gasteiger charge is 2.09. The Hall–Kier alpha value is -1.09. The second kappa shape index (κ2) is 3.34. The summed E-state index contributed by atoms with van der Waals surface area (Å²) in [6.45, 7) is -0.877. The van der Waals surface area contributed by atoms with Crippen LogP contribution in [0.1, 0.15) is 11.7 Å². The zero-order valence-corrected chi connectivity index (χ0v) is 5.87. The average Bonchev–Trinajstić information content (AvgIpc) is 2.04. The molecule has 0 saturated carbocycles. The Kier molecular flexibility index (Phi) is 2.44. The van der Waals surface area contributed by atoms with Crippen LogP contribution >= 0.6 is 0 Å². The number of benzene rings is 1. The van der Waals surface area contributed by atoms with Crippen molar-refractivity contribution in [3.8, 4) is 5.75 Å². The number of aromatic hydroxyl groups is 1. The predicted octanol–water partition coefficient (Wildman–Crippen LogP) is 1.40. The number of hydrogen-bond acceptors (Lipinski definition) is 2. The molecule has 1 atom stereocenters. The zero-order valence-electron chi connectivity index (χ0n) is 5.87. The molecule has 2 nitrogen and oxygen atoms in total. The van der Waals surface area contributed by atoms with Crippen LogP contribution in [0.5, 0.6) is 5.75 Å². The summed E-state index contributed by atoms with van der Waals surface area (Å²) in [4.78, 5) is 0. The lowest BCUT2D eigenvalue weighted by Crippen LogP contribution is -1.98. The number of halogens is 1. The van der Waals surface area contributed by atoms with Gasteiger partial charge in [-0.15, -0.1) is 0 Å². The fourth-order valence-electron chi connectivity index (χ4n) is 0.852. The van der Waals surface area contributed by atoms with Gasteiger partial charge in [-0.05, 0) is 6.07 Å². The molecule has 0 spiro atoms. The third kappa shape index (κ3) is 1.68. The van der Waals surface area contributed by atoms with Crippen LogP contribution in [0.4, 0.5) is 4.39 Å². The van der Waals surface area contributed by atoms with Crippen molar-refractivity contribution >= 4 is 0 Å². The first kappa shape index (κ1) is 8.01. The van der Waals surface area contributed by atoms with Crippen molar-refractivity contribution in [3.05, 3.63) is 29.8 Å². The third-order valence-corrected chi connectivity index (χ3v) is 1.44. The third-order valence-electron chi connectivity index (χ3n) is 1.44. The Morgan fingerprint density at radius 3 is 2.55 bits per heavy atom. The number of phenolic OH excluding ortho intramolecular Hbond substituents is 1. The summed E-state index contributed by atoms with van der Waals surface area (Å²) in [5.41, 5.74) is 0.231. The molecule has 1 aromatic carbocycles. The lowest BCUT2D eigenvalue weighted by Gasteiger charge is -2.07. The number of para-hydroxylation sites is 1. The quantitative estimate of drug-likeness (QED) is 0.679. The minimum Gasteiger partial charge on any atom is -0.508 e. The van der Waals surface area contributed by atoms with Gasteiger partial charge in [-0.2, -0.15) is 0 Å². The van der Waals surface area contributed by atoms with E-state index in [1.165, 1.54) is 12.1 Å². The van der Waals surface area contributed by atoms with Crippen LogP contribution in [-0.2, 0) is 0 Å². The van der Waals surface area contributed by atoms with Gasteiger partial charge in [-0.25, -0.2) is 4.39 Å². The number of aliphatic hydroxyl groups excluding tert-OH is 1. The second-order valence-electron chi connectivity index (χ2n) is 2.23. The van der Waals surface area contributed by atoms with Crippen molar-refractivity contribution < 1.29 is 14.6 Å². The molecule has 11 heavy (non-hydrogen) atoms. The molecule has 0 aromatic heterocycles. The van der Waals surface area contributed by atoms with Crippen LogP contribution < -0.4 is 0 Å². The molecule has 0 saturated heterocycles. The summed E-state index contributed by atoms with van der Waals surface area (Å²) in [6, 6.07) is 6.14. The molecular weight excluding hydrogens is 147 g/mol. The fourth-order valence-corrected chi connectivity index (χ4v) is 0.852. The van der Waals surface area contributed by atoms with Crippen molar-refractivity contribution in [3.63, 3.8) is 0 Å². The highest BCUT2D eigenvalue weighted by molar-refractivity contribution is 5.33. The molecular formula is C8H9FO2. The summed E-state index contributed by atoms with van der Waals surface area (Å²) in [5.74, 6) is -0.0716. The predicted molar refractivity (Wildman–Crippen MR) is 39.0 cm³/mol. The number of phenols is 1. The maximum Gasteiger partial charge on any atom is 0.121 e. The van der Waals surface area contributed by atoms with Gasteiger partial charge in [0.05, 0.1) is 0 Å². The van der Waals surface area contributed by atoms with Crippen molar-refractivity contribution in [1.29, 1.82) is 0 Å². The standard InChI is InChI=1S/C8H9FO2/c9-5-8(11)6-3-1-2-4-7(6)10/h1-4,8,10-11H,5H2. The molecule has 0 bridgehead atoms. The van der Waals surface area contributed by atoms with Gasteiger partial charge < -0.3 is 10.2 Å². The van der Waals surface area contributed by atoms with E-state index in [-0.39, 0.29) is 11.3 Å². The van der Waals surface area contributed by atoms with E-state index in [2.05, 4.69) is 0 Å². The second-order valence-corrected chi connectivity index (χ2v) is 2.23. The first-order chi connectivity index (χ1) is 5.25. The monoisotopic (exact) mass is 156 g/mol. The highest BCUT2D eigenvalue weighted by Crippen LogP contribution is 2.23. The topological polar surface area (TPSA) is 40.5 Å². The van der Waals surface area contributed by atoms with Crippen LogP contribution in [0.3, 0.4) is 0 Å². The molecule has 0 aliphatic rings. The first-order valence-electron chi connectivity index (χ1n) is 3.27. The van der Waals surface area contributed by atoms with Crippen LogP contribution in [0.2, 0.25) is 0 Å². The van der Waals surface area contributed by atoms with Crippen LogP contribution in [0, 0.1) is 0 Å². The number of alkyl halides is 1. The lowest BCUT2D eigenvalue weighted by molar-refractivity contribution is 0.138. The van der Waals surface area contributed by atoms with Crippen molar-refractivity contribution in [2.75, 3.05) is 6.67 Å². The van der Waals surface area contributed by atoms with Crippen LogP contribution in [-0.4, -0.2) is 16.9 Å². The molecule has 0 radical (unpaired) electrons. The van der Waals surface area contributed by atoms with Crippen molar-refractivity contribution in [1.82, 2.24) is 0 Å². The lowest BCUT2D eigenvalue weighted by atomic mass is 10.1. The van der Waals surface area contributed by atoms with E-state index in [9.17, 15) is 4.39 Å². The van der Waals surface area contributed by atoms with Gasteiger partial charge in [0.1, 0.15) is 18.5 Å². The molecule has 2 N–H and O–H groups in total. The minimum atomic E-state index is -1.21. The summed E-state index contributed by atoms with van der Waals surface area (Å²) in [5, 5.41) is 18.1. The average molecular weight is 156 g/mol. The highest BCUT2D eigenvalue weighted by atomic mass is 19.1. The van der Waals surface area contributed by atoms with E-state index < -0.39 is 12.8 Å². The van der Waals surface area contributed by atoms with Gasteiger partial charge in [0, 0.05) is 5.56 Å². The Morgan fingerprint density at radius 2 is 2.00 bits per heavy atom. The van der Waals surface area contributed by atoms with E-state index in [4.69, 9.17) is 10.2 Å². The molecule has 1 unspecified atom stereocenters. The Labute approximate surface area is 63.9 Å². The molecule has 1 aromatic rings. The molecule has 1 rings (SSSR count). The van der Waals surface area contributed by atoms with Crippen molar-refractivity contribution in [2.45, 2.75) is 6.10 Å². The smallest absolute Gasteiger partial charge is 0.121 e. The van der Waals surface area contributed by atoms with Gasteiger partial charge in [0.2, 0.25) is 0 Å². The van der Waals surface area contributed by atoms with Gasteiger partial charge in [-0.3, -0.25) is 0 Å². The van der Waals surface area contributed by atoms with E-state index in [1.54, 1.807) is 12.1 Å². The van der Waals surface area contributed by atoms with E-state index >= 15 is 0 Å². The Bertz CT molecular complexity index is 237. The van der Waals surface area contributed by atoms with Crippen molar-refractivity contribution in [2.24, 2.45) is 0 Å². The molecule has 3 heteroatoms. The van der Waals surface area contributed by atoms with Gasteiger partial charge in [0.15, 0.2) is 0 Å². The van der Waals surface area contributed by atoms with Crippen LogP contribution in [0.25, 0.3) is 0 Å². The summed E-state index contributed by atoms with van der Waals surface area (Å²) >= 11 is 0. The molecule has 0 heterocycles. The van der Waals surface area contributed by atoms with Gasteiger partial charge >= 0.3 is 0 Å². The largest absolute Gasteiger partial charge is 0.508 e. The zero-order chi connectivity index (χ0) is 8.27. The Morgan fingerprint density at radius 1 is 1.36 bits per heavy atom. The Balaban J connectivity index is 2.93. The van der Waals surface area contributed by atoms with Gasteiger partial charge in [-0.1, -0.05) is 18.2 Å². The first-order valence-corrected chi connectivity index (χ1v) is 3.27. The van der Waals surface area contributed by atoms with Crippen LogP contribution in [0.15, 0.2) is 24.3 Å². The molecule has 0 aliphatic heterocycles. The molecule has 0 aliphatic carbocycles. The summed E-state index contributed by atoms with van der Waals surface area (Å²) in [6.07, 6.45) is -1.21. The number of rotatable bonds is 2. The summed E-state index contributed by atoms with van der Waals surface area (Å²) in [7, 11) is 0. The normalized spacial score (nSPS) is 12.9. The maximum atomic E-state index is 11.9. The van der Waals surface area contributed by atoms with E-state index in [0.29, 0.717) is 0 Å². The minimum absolute atomic E-state index is 0.0716. The SMILES string of the molecule is Oc1ccccc1C(O)CF. The fraction of sp³-hybridized carbons (Fsp3) is 0.250. The summed E-state index contributed by atoms with van der Waals surface area (Å²) < 4.78 is 11.9. The number of hydrogen-bond donors (Lipinski definition) is 2. The van der Waals surface area contributed by atoms with E-state index in [1.807, 2.05) is 0 Å². The van der Waals surface area contributed by atoms with E-state index in [0.717, 1.165) is 0 Å². The van der Waals surface area contributed by atoms with Gasteiger partial charge in [0.25, 0.3) is 0 Å².